The highest BCUT2D eigenvalue weighted by atomic mass is 35.5. The summed E-state index contributed by atoms with van der Waals surface area (Å²) in [6.45, 7) is 3.00. The van der Waals surface area contributed by atoms with Gasteiger partial charge in [-0.3, -0.25) is 9.52 Å². The smallest absolute Gasteiger partial charge is 0.261 e. The Labute approximate surface area is 166 Å². The van der Waals surface area contributed by atoms with Crippen LogP contribution in [-0.2, 0) is 10.0 Å². The van der Waals surface area contributed by atoms with Crippen molar-refractivity contribution in [3.63, 3.8) is 0 Å². The second kappa shape index (κ2) is 9.21. The van der Waals surface area contributed by atoms with Gasteiger partial charge >= 0.3 is 0 Å². The number of sulfonamides is 1. The lowest BCUT2D eigenvalue weighted by Crippen LogP contribution is -2.46. The molecule has 3 rings (SSSR count). The number of amides is 1. The highest BCUT2D eigenvalue weighted by molar-refractivity contribution is 7.92. The molecule has 0 bridgehead atoms. The van der Waals surface area contributed by atoms with E-state index in [-0.39, 0.29) is 29.3 Å². The summed E-state index contributed by atoms with van der Waals surface area (Å²) in [5, 5.41) is 6.39. The standard InChI is InChI=1S/C19H23N3O3S.ClH/c1-14-13-17(11-12-20-14)21-19(23)15-7-9-16(10-8-15)22-26(24,25)18-5-3-2-4-6-18;/h2-10,14,17,20,22H,11-13H2,1H3,(H,21,23);1H. The summed E-state index contributed by atoms with van der Waals surface area (Å²) in [5.41, 5.74) is 0.930. The van der Waals surface area contributed by atoms with Crippen LogP contribution in [0, 0.1) is 0 Å². The van der Waals surface area contributed by atoms with Gasteiger partial charge < -0.3 is 10.6 Å². The molecule has 2 aromatic carbocycles. The van der Waals surface area contributed by atoms with Crippen LogP contribution in [0.2, 0.25) is 0 Å². The average molecular weight is 410 g/mol. The Hall–Kier alpha value is -2.09. The fraction of sp³-hybridized carbons (Fsp3) is 0.316. The molecule has 1 heterocycles. The van der Waals surface area contributed by atoms with Gasteiger partial charge in [-0.15, -0.1) is 12.4 Å². The van der Waals surface area contributed by atoms with Crippen molar-refractivity contribution < 1.29 is 13.2 Å². The summed E-state index contributed by atoms with van der Waals surface area (Å²) >= 11 is 0. The molecule has 0 saturated carbocycles. The summed E-state index contributed by atoms with van der Waals surface area (Å²) in [6.07, 6.45) is 1.81. The second-order valence-corrected chi connectivity index (χ2v) is 8.23. The summed E-state index contributed by atoms with van der Waals surface area (Å²) in [4.78, 5) is 12.6. The number of hydrogen-bond donors (Lipinski definition) is 3. The van der Waals surface area contributed by atoms with Gasteiger partial charge in [0.2, 0.25) is 0 Å². The summed E-state index contributed by atoms with van der Waals surface area (Å²) < 4.78 is 27.2. The van der Waals surface area contributed by atoms with Crippen LogP contribution in [0.1, 0.15) is 30.1 Å². The predicted octanol–water partition coefficient (Wildman–Crippen LogP) is 2.78. The molecule has 2 aromatic rings. The third-order valence-electron chi connectivity index (χ3n) is 4.41. The van der Waals surface area contributed by atoms with Gasteiger partial charge in [0, 0.05) is 23.3 Å². The Balaban J connectivity index is 0.00000261. The van der Waals surface area contributed by atoms with E-state index in [9.17, 15) is 13.2 Å². The van der Waals surface area contributed by atoms with Crippen molar-refractivity contribution in [2.75, 3.05) is 11.3 Å². The number of carbonyl (C=O) groups is 1. The SMILES string of the molecule is CC1CC(NC(=O)c2ccc(NS(=O)(=O)c3ccccc3)cc2)CCN1.Cl. The maximum Gasteiger partial charge on any atom is 0.261 e. The van der Waals surface area contributed by atoms with Gasteiger partial charge in [0.1, 0.15) is 0 Å². The molecule has 0 aromatic heterocycles. The van der Waals surface area contributed by atoms with Gasteiger partial charge in [0.25, 0.3) is 15.9 Å². The maximum atomic E-state index is 12.4. The minimum absolute atomic E-state index is 0. The highest BCUT2D eigenvalue weighted by Crippen LogP contribution is 2.17. The fourth-order valence-corrected chi connectivity index (χ4v) is 4.11. The minimum Gasteiger partial charge on any atom is -0.349 e. The molecule has 1 aliphatic rings. The topological polar surface area (TPSA) is 87.3 Å². The normalized spacial score (nSPS) is 19.6. The maximum absolute atomic E-state index is 12.4. The Morgan fingerprint density at radius 1 is 1.07 bits per heavy atom. The number of benzene rings is 2. The van der Waals surface area contributed by atoms with Crippen LogP contribution in [0.25, 0.3) is 0 Å². The molecule has 1 aliphatic heterocycles. The van der Waals surface area contributed by atoms with Crippen LogP contribution in [0.15, 0.2) is 59.5 Å². The van der Waals surface area contributed by atoms with Gasteiger partial charge in [0.05, 0.1) is 4.90 Å². The van der Waals surface area contributed by atoms with E-state index in [1.54, 1.807) is 42.5 Å². The van der Waals surface area contributed by atoms with E-state index in [4.69, 9.17) is 0 Å². The zero-order valence-corrected chi connectivity index (χ0v) is 16.6. The molecule has 146 valence electrons. The molecule has 0 spiro atoms. The number of piperidine rings is 1. The van der Waals surface area contributed by atoms with Crippen LogP contribution in [0.5, 0.6) is 0 Å². The summed E-state index contributed by atoms with van der Waals surface area (Å²) in [5.74, 6) is -0.137. The van der Waals surface area contributed by atoms with E-state index >= 15 is 0 Å². The molecule has 2 unspecified atom stereocenters. The second-order valence-electron chi connectivity index (χ2n) is 6.55. The van der Waals surface area contributed by atoms with E-state index in [1.807, 2.05) is 0 Å². The lowest BCUT2D eigenvalue weighted by molar-refractivity contribution is 0.0925. The van der Waals surface area contributed by atoms with Crippen LogP contribution in [0.4, 0.5) is 5.69 Å². The zero-order chi connectivity index (χ0) is 18.6. The van der Waals surface area contributed by atoms with Crippen molar-refractivity contribution in [2.45, 2.75) is 36.7 Å². The quantitative estimate of drug-likeness (QED) is 0.708. The molecule has 2 atom stereocenters. The lowest BCUT2D eigenvalue weighted by Gasteiger charge is -2.28. The van der Waals surface area contributed by atoms with Crippen molar-refractivity contribution in [1.82, 2.24) is 10.6 Å². The first-order valence-electron chi connectivity index (χ1n) is 8.66. The summed E-state index contributed by atoms with van der Waals surface area (Å²) in [7, 11) is -3.63. The Bertz CT molecular complexity index is 858. The van der Waals surface area contributed by atoms with Gasteiger partial charge in [-0.2, -0.15) is 0 Å². The molecule has 0 radical (unpaired) electrons. The molecule has 6 nitrogen and oxygen atoms in total. The monoisotopic (exact) mass is 409 g/mol. The van der Waals surface area contributed by atoms with Gasteiger partial charge in [-0.25, -0.2) is 8.42 Å². The Morgan fingerprint density at radius 3 is 2.37 bits per heavy atom. The number of carbonyl (C=O) groups excluding carboxylic acids is 1. The number of anilines is 1. The van der Waals surface area contributed by atoms with Crippen molar-refractivity contribution >= 4 is 34.0 Å². The van der Waals surface area contributed by atoms with Crippen LogP contribution < -0.4 is 15.4 Å². The predicted molar refractivity (Wildman–Crippen MR) is 109 cm³/mol. The molecule has 3 N–H and O–H groups in total. The average Bonchev–Trinajstić information content (AvgIpc) is 2.63. The molecule has 0 aliphatic carbocycles. The van der Waals surface area contributed by atoms with Crippen molar-refractivity contribution in [3.05, 3.63) is 60.2 Å². The molecule has 1 saturated heterocycles. The Kier molecular flexibility index (Phi) is 7.24. The van der Waals surface area contributed by atoms with Crippen LogP contribution >= 0.6 is 12.4 Å². The first kappa shape index (κ1) is 21.2. The van der Waals surface area contributed by atoms with Gasteiger partial charge in [0.15, 0.2) is 0 Å². The third kappa shape index (κ3) is 5.69. The molecule has 27 heavy (non-hydrogen) atoms. The van der Waals surface area contributed by atoms with E-state index in [1.165, 1.54) is 12.1 Å². The van der Waals surface area contributed by atoms with Crippen molar-refractivity contribution in [2.24, 2.45) is 0 Å². The number of rotatable bonds is 5. The Morgan fingerprint density at radius 2 is 1.74 bits per heavy atom. The van der Waals surface area contributed by atoms with Crippen LogP contribution in [0.3, 0.4) is 0 Å². The first-order valence-corrected chi connectivity index (χ1v) is 10.1. The fourth-order valence-electron chi connectivity index (χ4n) is 3.04. The van der Waals surface area contributed by atoms with Crippen molar-refractivity contribution in [3.8, 4) is 0 Å². The molecule has 1 amide bonds. The minimum atomic E-state index is -3.63. The van der Waals surface area contributed by atoms with Gasteiger partial charge in [-0.1, -0.05) is 18.2 Å². The van der Waals surface area contributed by atoms with E-state index in [2.05, 4.69) is 22.3 Å². The van der Waals surface area contributed by atoms with Gasteiger partial charge in [-0.05, 0) is 62.7 Å². The molecular formula is C19H24ClN3O3S. The zero-order valence-electron chi connectivity index (χ0n) is 15.0. The van der Waals surface area contributed by atoms with E-state index in [0.717, 1.165) is 19.4 Å². The van der Waals surface area contributed by atoms with E-state index < -0.39 is 10.0 Å². The number of halogens is 1. The number of nitrogens with one attached hydrogen (secondary N) is 3. The van der Waals surface area contributed by atoms with E-state index in [0.29, 0.717) is 17.3 Å². The molecule has 8 heteroatoms. The van der Waals surface area contributed by atoms with Crippen molar-refractivity contribution in [1.29, 1.82) is 0 Å². The number of hydrogen-bond acceptors (Lipinski definition) is 4. The highest BCUT2D eigenvalue weighted by Gasteiger charge is 2.20. The van der Waals surface area contributed by atoms with Crippen LogP contribution in [-0.4, -0.2) is 33.0 Å². The first-order chi connectivity index (χ1) is 12.4. The molecular weight excluding hydrogens is 386 g/mol. The largest absolute Gasteiger partial charge is 0.349 e. The third-order valence-corrected chi connectivity index (χ3v) is 5.81. The molecule has 1 fully saturated rings. The summed E-state index contributed by atoms with van der Waals surface area (Å²) in [6, 6.07) is 15.2. The lowest BCUT2D eigenvalue weighted by atomic mass is 10.0.